The van der Waals surface area contributed by atoms with Crippen molar-refractivity contribution in [1.29, 1.82) is 0 Å². The molecule has 0 heterocycles. The zero-order chi connectivity index (χ0) is 17.7. The molecule has 4 rings (SSSR count). The lowest BCUT2D eigenvalue weighted by Crippen LogP contribution is -2.22. The van der Waals surface area contributed by atoms with Crippen LogP contribution in [0.2, 0.25) is 10.0 Å². The molecule has 0 fully saturated rings. The van der Waals surface area contributed by atoms with Crippen LogP contribution in [0.5, 0.6) is 0 Å². The van der Waals surface area contributed by atoms with Gasteiger partial charge in [-0.05, 0) is 18.6 Å². The Morgan fingerprint density at radius 2 is 1.28 bits per heavy atom. The summed E-state index contributed by atoms with van der Waals surface area (Å²) in [6.45, 7) is 1.99. The van der Waals surface area contributed by atoms with Gasteiger partial charge in [0.2, 0.25) is 0 Å². The highest BCUT2D eigenvalue weighted by Gasteiger charge is 2.34. The smallest absolute Gasteiger partial charge is 0.196 e. The molecule has 3 aromatic rings. The van der Waals surface area contributed by atoms with Crippen LogP contribution in [0.4, 0.5) is 0 Å². The van der Waals surface area contributed by atoms with Crippen molar-refractivity contribution >= 4 is 34.8 Å². The van der Waals surface area contributed by atoms with Gasteiger partial charge in [-0.2, -0.15) is 0 Å². The van der Waals surface area contributed by atoms with E-state index in [0.717, 1.165) is 11.1 Å². The van der Waals surface area contributed by atoms with E-state index in [9.17, 15) is 9.59 Å². The van der Waals surface area contributed by atoms with E-state index in [-0.39, 0.29) is 32.7 Å². The standard InChI is InChI=1S/C21H12Cl2O2/c1-11-6-8-12(9-7-11)15-10-16(22)17-18(19(15)23)21(25)14-5-3-2-4-13(14)20(17)24/h2-10H,1H3. The first-order chi connectivity index (χ1) is 12.0. The number of halogens is 2. The minimum absolute atomic E-state index is 0.186. The van der Waals surface area contributed by atoms with Gasteiger partial charge in [-0.15, -0.1) is 0 Å². The first-order valence-electron chi connectivity index (χ1n) is 7.76. The van der Waals surface area contributed by atoms with E-state index in [1.54, 1.807) is 30.3 Å². The number of hydrogen-bond donors (Lipinski definition) is 0. The first kappa shape index (κ1) is 16.1. The van der Waals surface area contributed by atoms with Crippen molar-refractivity contribution in [2.75, 3.05) is 0 Å². The number of rotatable bonds is 1. The Hall–Kier alpha value is -2.42. The molecule has 122 valence electrons. The van der Waals surface area contributed by atoms with Crippen LogP contribution in [0.3, 0.4) is 0 Å². The molecule has 0 unspecified atom stereocenters. The van der Waals surface area contributed by atoms with E-state index >= 15 is 0 Å². The van der Waals surface area contributed by atoms with E-state index in [1.165, 1.54) is 0 Å². The summed E-state index contributed by atoms with van der Waals surface area (Å²) in [5.41, 5.74) is 3.70. The maximum absolute atomic E-state index is 13.0. The van der Waals surface area contributed by atoms with Gasteiger partial charge in [0.1, 0.15) is 0 Å². The summed E-state index contributed by atoms with van der Waals surface area (Å²) < 4.78 is 0. The molecule has 25 heavy (non-hydrogen) atoms. The van der Waals surface area contributed by atoms with Gasteiger partial charge in [0, 0.05) is 16.7 Å². The van der Waals surface area contributed by atoms with Crippen molar-refractivity contribution in [3.63, 3.8) is 0 Å². The van der Waals surface area contributed by atoms with Gasteiger partial charge in [0.05, 0.1) is 21.2 Å². The Bertz CT molecular complexity index is 1050. The van der Waals surface area contributed by atoms with Gasteiger partial charge in [-0.25, -0.2) is 0 Å². The lowest BCUT2D eigenvalue weighted by atomic mass is 9.82. The third-order valence-corrected chi connectivity index (χ3v) is 5.14. The predicted octanol–water partition coefficient (Wildman–Crippen LogP) is 5.74. The van der Waals surface area contributed by atoms with Crippen molar-refractivity contribution in [3.05, 3.63) is 92.5 Å². The summed E-state index contributed by atoms with van der Waals surface area (Å²) >= 11 is 13.0. The topological polar surface area (TPSA) is 34.1 Å². The van der Waals surface area contributed by atoms with Crippen molar-refractivity contribution in [2.45, 2.75) is 6.92 Å². The van der Waals surface area contributed by atoms with E-state index < -0.39 is 0 Å². The molecule has 2 nitrogen and oxygen atoms in total. The second-order valence-electron chi connectivity index (χ2n) is 6.04. The molecule has 0 atom stereocenters. The summed E-state index contributed by atoms with van der Waals surface area (Å²) in [6, 6.07) is 16.2. The van der Waals surface area contributed by atoms with E-state index in [0.29, 0.717) is 16.7 Å². The molecule has 0 amide bonds. The van der Waals surface area contributed by atoms with Crippen LogP contribution in [0.25, 0.3) is 11.1 Å². The van der Waals surface area contributed by atoms with Gasteiger partial charge in [-0.1, -0.05) is 77.3 Å². The van der Waals surface area contributed by atoms with Crippen LogP contribution in [0.1, 0.15) is 37.4 Å². The molecule has 0 aromatic heterocycles. The zero-order valence-corrected chi connectivity index (χ0v) is 14.8. The quantitative estimate of drug-likeness (QED) is 0.430. The molecule has 0 spiro atoms. The van der Waals surface area contributed by atoms with Crippen molar-refractivity contribution in [1.82, 2.24) is 0 Å². The zero-order valence-electron chi connectivity index (χ0n) is 13.3. The molecular formula is C21H12Cl2O2. The number of ketones is 2. The van der Waals surface area contributed by atoms with Crippen LogP contribution in [-0.2, 0) is 0 Å². The number of benzene rings is 3. The fraction of sp³-hybridized carbons (Fsp3) is 0.0476. The summed E-state index contributed by atoms with van der Waals surface area (Å²) in [6.07, 6.45) is 0. The Morgan fingerprint density at radius 1 is 0.720 bits per heavy atom. The molecule has 0 saturated carbocycles. The summed E-state index contributed by atoms with van der Waals surface area (Å²) in [5.74, 6) is -0.543. The van der Waals surface area contributed by atoms with Crippen molar-refractivity contribution in [3.8, 4) is 11.1 Å². The highest BCUT2D eigenvalue weighted by Crippen LogP contribution is 2.41. The number of fused-ring (bicyclic) bond motifs is 2. The van der Waals surface area contributed by atoms with Crippen LogP contribution < -0.4 is 0 Å². The van der Waals surface area contributed by atoms with Gasteiger partial charge in [0.15, 0.2) is 11.6 Å². The second-order valence-corrected chi connectivity index (χ2v) is 6.82. The normalized spacial score (nSPS) is 12.8. The third-order valence-electron chi connectivity index (χ3n) is 4.45. The minimum Gasteiger partial charge on any atom is -0.289 e. The van der Waals surface area contributed by atoms with Crippen LogP contribution in [-0.4, -0.2) is 11.6 Å². The third kappa shape index (κ3) is 2.41. The largest absolute Gasteiger partial charge is 0.289 e. The molecule has 0 N–H and O–H groups in total. The maximum Gasteiger partial charge on any atom is 0.196 e. The molecule has 0 radical (unpaired) electrons. The minimum atomic E-state index is -0.272. The number of carbonyl (C=O) groups excluding carboxylic acids is 2. The fourth-order valence-electron chi connectivity index (χ4n) is 3.15. The summed E-state index contributed by atoms with van der Waals surface area (Å²) in [4.78, 5) is 25.8. The van der Waals surface area contributed by atoms with Crippen molar-refractivity contribution in [2.24, 2.45) is 0 Å². The van der Waals surface area contributed by atoms with Crippen molar-refractivity contribution < 1.29 is 9.59 Å². The summed E-state index contributed by atoms with van der Waals surface area (Å²) in [7, 11) is 0. The Kier molecular flexibility index (Phi) is 3.75. The average Bonchev–Trinajstić information content (AvgIpc) is 2.62. The van der Waals surface area contributed by atoms with Crippen LogP contribution in [0.15, 0.2) is 54.6 Å². The Morgan fingerprint density at radius 3 is 1.88 bits per heavy atom. The maximum atomic E-state index is 13.0. The number of carbonyl (C=O) groups is 2. The molecule has 4 heteroatoms. The molecule has 0 bridgehead atoms. The van der Waals surface area contributed by atoms with E-state index in [1.807, 2.05) is 31.2 Å². The highest BCUT2D eigenvalue weighted by atomic mass is 35.5. The highest BCUT2D eigenvalue weighted by molar-refractivity contribution is 6.45. The van der Waals surface area contributed by atoms with E-state index in [2.05, 4.69) is 0 Å². The molecule has 3 aromatic carbocycles. The molecular weight excluding hydrogens is 355 g/mol. The molecule has 0 saturated heterocycles. The fourth-order valence-corrected chi connectivity index (χ4v) is 3.79. The number of aryl methyl sites for hydroxylation is 1. The van der Waals surface area contributed by atoms with Gasteiger partial charge < -0.3 is 0 Å². The van der Waals surface area contributed by atoms with Gasteiger partial charge >= 0.3 is 0 Å². The molecule has 0 aliphatic heterocycles. The van der Waals surface area contributed by atoms with Gasteiger partial charge in [0.25, 0.3) is 0 Å². The Balaban J connectivity index is 2.01. The lowest BCUT2D eigenvalue weighted by Gasteiger charge is -2.21. The first-order valence-corrected chi connectivity index (χ1v) is 8.52. The average molecular weight is 367 g/mol. The number of hydrogen-bond acceptors (Lipinski definition) is 2. The lowest BCUT2D eigenvalue weighted by molar-refractivity contribution is 0.0979. The Labute approximate surface area is 155 Å². The van der Waals surface area contributed by atoms with Crippen LogP contribution >= 0.6 is 23.2 Å². The second kappa shape index (κ2) is 5.83. The predicted molar refractivity (Wildman–Crippen MR) is 99.9 cm³/mol. The molecule has 1 aliphatic carbocycles. The van der Waals surface area contributed by atoms with Gasteiger partial charge in [-0.3, -0.25) is 9.59 Å². The van der Waals surface area contributed by atoms with Crippen LogP contribution in [0, 0.1) is 6.92 Å². The molecule has 1 aliphatic rings. The monoisotopic (exact) mass is 366 g/mol. The summed E-state index contributed by atoms with van der Waals surface area (Å²) in [5, 5.41) is 0.499. The SMILES string of the molecule is Cc1ccc(-c2cc(Cl)c3c(c2Cl)C(=O)c2ccccc2C3=O)cc1. The van der Waals surface area contributed by atoms with E-state index in [4.69, 9.17) is 23.2 Å².